The molecular formula is C12H18INO. The van der Waals surface area contributed by atoms with Crippen LogP contribution in [0.4, 0.5) is 0 Å². The van der Waals surface area contributed by atoms with E-state index in [4.69, 9.17) is 0 Å². The molecule has 0 radical (unpaired) electrons. The van der Waals surface area contributed by atoms with Crippen LogP contribution in [0.5, 0.6) is 0 Å². The molecule has 0 saturated heterocycles. The average molecular weight is 319 g/mol. The average Bonchev–Trinajstić information content (AvgIpc) is 2.19. The summed E-state index contributed by atoms with van der Waals surface area (Å²) in [5, 5.41) is 2.99. The van der Waals surface area contributed by atoms with Crippen LogP contribution in [0.15, 0.2) is 12.7 Å². The summed E-state index contributed by atoms with van der Waals surface area (Å²) < 4.78 is 0.884. The van der Waals surface area contributed by atoms with Crippen LogP contribution < -0.4 is 5.32 Å². The first-order valence-electron chi connectivity index (χ1n) is 5.71. The van der Waals surface area contributed by atoms with E-state index >= 15 is 0 Å². The van der Waals surface area contributed by atoms with Crippen molar-refractivity contribution in [2.45, 2.75) is 48.5 Å². The molecule has 2 aliphatic rings. The van der Waals surface area contributed by atoms with Gasteiger partial charge in [-0.25, -0.2) is 0 Å². The van der Waals surface area contributed by atoms with Crippen molar-refractivity contribution in [3.8, 4) is 0 Å². The van der Waals surface area contributed by atoms with E-state index in [2.05, 4.69) is 34.5 Å². The highest BCUT2D eigenvalue weighted by Gasteiger charge is 2.45. The second kappa shape index (κ2) is 4.44. The molecule has 0 unspecified atom stereocenters. The van der Waals surface area contributed by atoms with Crippen molar-refractivity contribution in [3.05, 3.63) is 12.7 Å². The standard InChI is InChI=1S/C12H18INO/c1-2-11(15)14-10-7-12(8-10)5-3-9(13)4-6-12/h2,9-10H,1,3-8H2,(H,14,15). The van der Waals surface area contributed by atoms with Crippen molar-refractivity contribution in [3.63, 3.8) is 0 Å². The van der Waals surface area contributed by atoms with Crippen molar-refractivity contribution in [1.82, 2.24) is 5.32 Å². The zero-order chi connectivity index (χ0) is 10.9. The van der Waals surface area contributed by atoms with Crippen molar-refractivity contribution in [2.75, 3.05) is 0 Å². The number of carbonyl (C=O) groups excluding carboxylic acids is 1. The largest absolute Gasteiger partial charge is 0.350 e. The molecule has 0 aromatic carbocycles. The monoisotopic (exact) mass is 319 g/mol. The summed E-state index contributed by atoms with van der Waals surface area (Å²) in [5.41, 5.74) is 0.584. The van der Waals surface area contributed by atoms with Crippen molar-refractivity contribution < 1.29 is 4.79 Å². The quantitative estimate of drug-likeness (QED) is 0.473. The van der Waals surface area contributed by atoms with Gasteiger partial charge in [-0.1, -0.05) is 29.2 Å². The molecule has 3 heteroatoms. The van der Waals surface area contributed by atoms with Crippen LogP contribution in [-0.2, 0) is 4.79 Å². The fourth-order valence-electron chi connectivity index (χ4n) is 2.95. The topological polar surface area (TPSA) is 29.1 Å². The van der Waals surface area contributed by atoms with E-state index < -0.39 is 0 Å². The highest BCUT2D eigenvalue weighted by Crippen LogP contribution is 2.52. The number of rotatable bonds is 2. The molecule has 84 valence electrons. The SMILES string of the molecule is C=CC(=O)NC1CC2(CCC(I)CC2)C1. The third kappa shape index (κ3) is 2.55. The first kappa shape index (κ1) is 11.4. The van der Waals surface area contributed by atoms with Crippen LogP contribution in [0.25, 0.3) is 0 Å². The second-order valence-electron chi connectivity index (χ2n) is 4.99. The lowest BCUT2D eigenvalue weighted by atomic mass is 9.58. The summed E-state index contributed by atoms with van der Waals surface area (Å²) in [7, 11) is 0. The number of carbonyl (C=O) groups is 1. The van der Waals surface area contributed by atoms with Gasteiger partial charge in [0.25, 0.3) is 0 Å². The molecule has 2 fully saturated rings. The van der Waals surface area contributed by atoms with Crippen LogP contribution in [0.3, 0.4) is 0 Å². The Balaban J connectivity index is 1.77. The molecule has 0 bridgehead atoms. The highest BCUT2D eigenvalue weighted by molar-refractivity contribution is 14.1. The van der Waals surface area contributed by atoms with Gasteiger partial charge in [0, 0.05) is 9.97 Å². The Morgan fingerprint density at radius 1 is 1.40 bits per heavy atom. The number of amides is 1. The Labute approximate surface area is 105 Å². The van der Waals surface area contributed by atoms with Gasteiger partial charge >= 0.3 is 0 Å². The van der Waals surface area contributed by atoms with Gasteiger partial charge in [-0.05, 0) is 50.0 Å². The molecule has 2 rings (SSSR count). The number of alkyl halides is 1. The fourth-order valence-corrected chi connectivity index (χ4v) is 3.57. The summed E-state index contributed by atoms with van der Waals surface area (Å²) in [4.78, 5) is 11.1. The van der Waals surface area contributed by atoms with E-state index in [9.17, 15) is 4.79 Å². The molecular weight excluding hydrogens is 301 g/mol. The molecule has 0 aromatic heterocycles. The van der Waals surface area contributed by atoms with Gasteiger partial charge in [-0.3, -0.25) is 4.79 Å². The van der Waals surface area contributed by atoms with Gasteiger partial charge in [0.2, 0.25) is 5.91 Å². The fraction of sp³-hybridized carbons (Fsp3) is 0.750. The Morgan fingerprint density at radius 2 is 2.00 bits per heavy atom. The summed E-state index contributed by atoms with van der Waals surface area (Å²) in [6.07, 6.45) is 9.20. The second-order valence-corrected chi connectivity index (χ2v) is 6.75. The zero-order valence-electron chi connectivity index (χ0n) is 8.97. The third-order valence-electron chi connectivity index (χ3n) is 3.87. The highest BCUT2D eigenvalue weighted by atomic mass is 127. The Hall–Kier alpha value is -0.0600. The zero-order valence-corrected chi connectivity index (χ0v) is 11.1. The molecule has 0 heterocycles. The minimum atomic E-state index is -0.0163. The van der Waals surface area contributed by atoms with E-state index in [-0.39, 0.29) is 5.91 Å². The van der Waals surface area contributed by atoms with Crippen LogP contribution in [0, 0.1) is 5.41 Å². The summed E-state index contributed by atoms with van der Waals surface area (Å²) >= 11 is 2.56. The predicted octanol–water partition coefficient (Wildman–Crippen LogP) is 2.82. The van der Waals surface area contributed by atoms with Crippen molar-refractivity contribution in [1.29, 1.82) is 0 Å². The Morgan fingerprint density at radius 3 is 2.53 bits per heavy atom. The maximum atomic E-state index is 11.1. The predicted molar refractivity (Wildman–Crippen MR) is 70.1 cm³/mol. The van der Waals surface area contributed by atoms with Crippen molar-refractivity contribution in [2.24, 2.45) is 5.41 Å². The number of nitrogens with one attached hydrogen (secondary N) is 1. The van der Waals surface area contributed by atoms with E-state index in [0.29, 0.717) is 11.5 Å². The molecule has 1 amide bonds. The minimum Gasteiger partial charge on any atom is -0.350 e. The molecule has 15 heavy (non-hydrogen) atoms. The Kier molecular flexibility index (Phi) is 3.38. The van der Waals surface area contributed by atoms with Gasteiger partial charge in [-0.15, -0.1) is 0 Å². The number of halogens is 1. The van der Waals surface area contributed by atoms with Gasteiger partial charge in [0.05, 0.1) is 0 Å². The maximum Gasteiger partial charge on any atom is 0.243 e. The van der Waals surface area contributed by atoms with E-state index in [0.717, 1.165) is 3.92 Å². The van der Waals surface area contributed by atoms with Gasteiger partial charge in [-0.2, -0.15) is 0 Å². The van der Waals surface area contributed by atoms with Crippen molar-refractivity contribution >= 4 is 28.5 Å². The van der Waals surface area contributed by atoms with Crippen LogP contribution in [-0.4, -0.2) is 15.9 Å². The molecule has 2 nitrogen and oxygen atoms in total. The smallest absolute Gasteiger partial charge is 0.243 e. The lowest BCUT2D eigenvalue weighted by molar-refractivity contribution is -0.119. The summed E-state index contributed by atoms with van der Waals surface area (Å²) in [5.74, 6) is -0.0163. The molecule has 1 spiro atoms. The number of hydrogen-bond acceptors (Lipinski definition) is 1. The lowest BCUT2D eigenvalue weighted by Crippen LogP contribution is -2.51. The number of hydrogen-bond donors (Lipinski definition) is 1. The summed E-state index contributed by atoms with van der Waals surface area (Å²) in [6.45, 7) is 3.47. The first-order chi connectivity index (χ1) is 7.13. The molecule has 2 saturated carbocycles. The maximum absolute atomic E-state index is 11.1. The van der Waals surface area contributed by atoms with Crippen LogP contribution in [0.2, 0.25) is 0 Å². The molecule has 0 atom stereocenters. The van der Waals surface area contributed by atoms with Crippen LogP contribution in [0.1, 0.15) is 38.5 Å². The lowest BCUT2D eigenvalue weighted by Gasteiger charge is -2.51. The van der Waals surface area contributed by atoms with Gasteiger partial charge in [0.15, 0.2) is 0 Å². The Bertz CT molecular complexity index is 261. The van der Waals surface area contributed by atoms with E-state index in [1.54, 1.807) is 0 Å². The molecule has 1 N–H and O–H groups in total. The first-order valence-corrected chi connectivity index (χ1v) is 6.95. The summed E-state index contributed by atoms with van der Waals surface area (Å²) in [6, 6.07) is 0.418. The molecule has 0 aromatic rings. The normalized spacial score (nSPS) is 39.5. The van der Waals surface area contributed by atoms with Gasteiger partial charge < -0.3 is 5.32 Å². The van der Waals surface area contributed by atoms with Crippen LogP contribution >= 0.6 is 22.6 Å². The van der Waals surface area contributed by atoms with E-state index in [1.807, 2.05) is 0 Å². The van der Waals surface area contributed by atoms with Gasteiger partial charge in [0.1, 0.15) is 0 Å². The molecule has 2 aliphatic carbocycles. The molecule has 0 aliphatic heterocycles. The van der Waals surface area contributed by atoms with E-state index in [1.165, 1.54) is 44.6 Å². The minimum absolute atomic E-state index is 0.0163. The third-order valence-corrected chi connectivity index (χ3v) is 5.11.